The second-order valence-corrected chi connectivity index (χ2v) is 6.61. The number of aliphatic imine (C=N–C) groups is 1. The fraction of sp³-hybridized carbons (Fsp3) is 0.846. The van der Waals surface area contributed by atoms with Crippen molar-refractivity contribution in [2.75, 3.05) is 5.75 Å². The van der Waals surface area contributed by atoms with Crippen molar-refractivity contribution in [1.29, 1.82) is 0 Å². The zero-order valence-electron chi connectivity index (χ0n) is 10.2. The van der Waals surface area contributed by atoms with Gasteiger partial charge in [-0.05, 0) is 43.9 Å². The van der Waals surface area contributed by atoms with Crippen LogP contribution in [-0.4, -0.2) is 22.9 Å². The van der Waals surface area contributed by atoms with Crippen LogP contribution in [0.1, 0.15) is 46.4 Å². The highest BCUT2D eigenvalue weighted by Gasteiger charge is 2.39. The van der Waals surface area contributed by atoms with E-state index in [2.05, 4.69) is 5.32 Å². The Morgan fingerprint density at radius 3 is 3.00 bits per heavy atom. The van der Waals surface area contributed by atoms with Crippen LogP contribution in [0.15, 0.2) is 4.99 Å². The SMILES string of the molecule is O=C1CCCCSC(=NC2CC3CCC2C3)N1.[HH]. The van der Waals surface area contributed by atoms with Gasteiger partial charge < -0.3 is 5.32 Å². The largest absolute Gasteiger partial charge is 0.305 e. The van der Waals surface area contributed by atoms with Gasteiger partial charge >= 0.3 is 0 Å². The maximum Gasteiger partial charge on any atom is 0.225 e. The third-order valence-corrected chi connectivity index (χ3v) is 5.24. The number of amidine groups is 1. The number of thioether (sulfide) groups is 1. The highest BCUT2D eigenvalue weighted by molar-refractivity contribution is 8.13. The second-order valence-electron chi connectivity index (χ2n) is 5.53. The van der Waals surface area contributed by atoms with Crippen molar-refractivity contribution in [2.24, 2.45) is 16.8 Å². The van der Waals surface area contributed by atoms with Gasteiger partial charge in [0.05, 0.1) is 6.04 Å². The Labute approximate surface area is 108 Å². The van der Waals surface area contributed by atoms with Gasteiger partial charge in [-0.1, -0.05) is 18.2 Å². The second kappa shape index (κ2) is 5.01. The summed E-state index contributed by atoms with van der Waals surface area (Å²) < 4.78 is 0. The van der Waals surface area contributed by atoms with Crippen molar-refractivity contribution >= 4 is 22.8 Å². The van der Waals surface area contributed by atoms with Gasteiger partial charge in [-0.25, -0.2) is 0 Å². The Balaban J connectivity index is 0.00000120. The lowest BCUT2D eigenvalue weighted by atomic mass is 9.96. The van der Waals surface area contributed by atoms with E-state index in [0.717, 1.165) is 35.6 Å². The number of nitrogens with zero attached hydrogens (tertiary/aromatic N) is 1. The number of carbonyl (C=O) groups excluding carboxylic acids is 1. The summed E-state index contributed by atoms with van der Waals surface area (Å²) in [6.45, 7) is 0. The van der Waals surface area contributed by atoms with E-state index >= 15 is 0 Å². The normalized spacial score (nSPS) is 40.1. The molecule has 96 valence electrons. The van der Waals surface area contributed by atoms with Crippen LogP contribution >= 0.6 is 11.8 Å². The van der Waals surface area contributed by atoms with E-state index in [-0.39, 0.29) is 7.33 Å². The van der Waals surface area contributed by atoms with Crippen molar-refractivity contribution < 1.29 is 6.22 Å². The molecule has 1 amide bonds. The molecule has 3 atom stereocenters. The molecule has 2 saturated carbocycles. The summed E-state index contributed by atoms with van der Waals surface area (Å²) in [7, 11) is 0. The van der Waals surface area contributed by atoms with E-state index in [1.165, 1.54) is 25.7 Å². The van der Waals surface area contributed by atoms with Gasteiger partial charge in [-0.2, -0.15) is 0 Å². The van der Waals surface area contributed by atoms with E-state index in [1.807, 2.05) is 0 Å². The Hall–Kier alpha value is -0.510. The minimum Gasteiger partial charge on any atom is -0.305 e. The quantitative estimate of drug-likeness (QED) is 0.782. The van der Waals surface area contributed by atoms with Crippen molar-refractivity contribution in [2.45, 2.75) is 51.0 Å². The molecule has 2 bridgehead atoms. The molecule has 0 aromatic carbocycles. The topological polar surface area (TPSA) is 41.5 Å². The van der Waals surface area contributed by atoms with Gasteiger partial charge in [0, 0.05) is 13.6 Å². The van der Waals surface area contributed by atoms with Gasteiger partial charge in [-0.15, -0.1) is 0 Å². The first-order valence-corrected chi connectivity index (χ1v) is 7.80. The zero-order valence-corrected chi connectivity index (χ0v) is 11.0. The minimum absolute atomic E-state index is 0. The summed E-state index contributed by atoms with van der Waals surface area (Å²) in [5.41, 5.74) is 0. The molecule has 2 aliphatic carbocycles. The van der Waals surface area contributed by atoms with E-state index in [1.54, 1.807) is 11.8 Å². The number of nitrogens with one attached hydrogen (secondary N) is 1. The van der Waals surface area contributed by atoms with Crippen LogP contribution in [0.5, 0.6) is 0 Å². The summed E-state index contributed by atoms with van der Waals surface area (Å²) in [5, 5.41) is 3.87. The summed E-state index contributed by atoms with van der Waals surface area (Å²) in [4.78, 5) is 16.4. The van der Waals surface area contributed by atoms with Crippen LogP contribution in [0.3, 0.4) is 0 Å². The fourth-order valence-corrected chi connectivity index (χ4v) is 4.30. The highest BCUT2D eigenvalue weighted by Crippen LogP contribution is 2.46. The molecule has 17 heavy (non-hydrogen) atoms. The molecule has 3 fully saturated rings. The molecule has 1 aliphatic heterocycles. The number of hydrogen-bond acceptors (Lipinski definition) is 3. The third-order valence-electron chi connectivity index (χ3n) is 4.27. The monoisotopic (exact) mass is 254 g/mol. The molecule has 3 aliphatic rings. The van der Waals surface area contributed by atoms with E-state index in [4.69, 9.17) is 4.99 Å². The fourth-order valence-electron chi connectivity index (χ4n) is 3.36. The Morgan fingerprint density at radius 1 is 1.29 bits per heavy atom. The number of hydrogen-bond donors (Lipinski definition) is 1. The number of amides is 1. The Morgan fingerprint density at radius 2 is 2.24 bits per heavy atom. The number of fused-ring (bicyclic) bond motifs is 2. The maximum absolute atomic E-state index is 11.6. The molecule has 4 heteroatoms. The molecule has 0 spiro atoms. The first-order chi connectivity index (χ1) is 8.31. The Bertz CT molecular complexity index is 348. The van der Waals surface area contributed by atoms with Crippen LogP contribution in [0.25, 0.3) is 0 Å². The number of carbonyl (C=O) groups is 1. The van der Waals surface area contributed by atoms with Crippen molar-refractivity contribution in [3.8, 4) is 0 Å². The van der Waals surface area contributed by atoms with Gasteiger partial charge in [0.15, 0.2) is 5.17 Å². The van der Waals surface area contributed by atoms with E-state index < -0.39 is 0 Å². The first-order valence-electron chi connectivity index (χ1n) is 6.82. The summed E-state index contributed by atoms with van der Waals surface area (Å²) in [6.07, 6.45) is 8.20. The molecular formula is C13H22N2OS. The summed E-state index contributed by atoms with van der Waals surface area (Å²) >= 11 is 1.73. The third kappa shape index (κ3) is 2.67. The molecule has 0 radical (unpaired) electrons. The molecule has 1 heterocycles. The van der Waals surface area contributed by atoms with Crippen LogP contribution in [-0.2, 0) is 4.79 Å². The lowest BCUT2D eigenvalue weighted by Gasteiger charge is -2.20. The highest BCUT2D eigenvalue weighted by atomic mass is 32.2. The minimum atomic E-state index is 0. The van der Waals surface area contributed by atoms with Gasteiger partial charge in [0.25, 0.3) is 0 Å². The van der Waals surface area contributed by atoms with E-state index in [0.29, 0.717) is 12.5 Å². The maximum atomic E-state index is 11.6. The number of rotatable bonds is 1. The molecule has 1 N–H and O–H groups in total. The first kappa shape index (κ1) is 11.6. The summed E-state index contributed by atoms with van der Waals surface area (Å²) in [6, 6.07) is 0.496. The lowest BCUT2D eigenvalue weighted by Crippen LogP contribution is -2.31. The average Bonchev–Trinajstić information content (AvgIpc) is 2.87. The van der Waals surface area contributed by atoms with Gasteiger partial charge in [-0.3, -0.25) is 9.79 Å². The van der Waals surface area contributed by atoms with E-state index in [9.17, 15) is 4.79 Å². The van der Waals surface area contributed by atoms with Gasteiger partial charge in [0.2, 0.25) is 5.91 Å². The van der Waals surface area contributed by atoms with Crippen molar-refractivity contribution in [1.82, 2.24) is 5.32 Å². The molecule has 3 rings (SSSR count). The van der Waals surface area contributed by atoms with Crippen LogP contribution in [0.2, 0.25) is 0 Å². The van der Waals surface area contributed by atoms with Crippen molar-refractivity contribution in [3.05, 3.63) is 0 Å². The van der Waals surface area contributed by atoms with Gasteiger partial charge in [0.1, 0.15) is 0 Å². The molecule has 0 aromatic rings. The molecule has 0 aromatic heterocycles. The molecule has 3 nitrogen and oxygen atoms in total. The van der Waals surface area contributed by atoms with Crippen LogP contribution in [0, 0.1) is 11.8 Å². The smallest absolute Gasteiger partial charge is 0.225 e. The molecule has 3 unspecified atom stereocenters. The predicted molar refractivity (Wildman–Crippen MR) is 73.2 cm³/mol. The van der Waals surface area contributed by atoms with Crippen LogP contribution in [0.4, 0.5) is 0 Å². The molecular weight excluding hydrogens is 232 g/mol. The van der Waals surface area contributed by atoms with Crippen molar-refractivity contribution in [3.63, 3.8) is 0 Å². The Kier molecular flexibility index (Phi) is 3.41. The molecule has 1 saturated heterocycles. The van der Waals surface area contributed by atoms with Crippen LogP contribution < -0.4 is 5.32 Å². The summed E-state index contributed by atoms with van der Waals surface area (Å²) in [5.74, 6) is 2.97. The lowest BCUT2D eigenvalue weighted by molar-refractivity contribution is -0.119. The zero-order chi connectivity index (χ0) is 11.7. The average molecular weight is 254 g/mol. The predicted octanol–water partition coefficient (Wildman–Crippen LogP) is 2.81. The standard InChI is InChI=1S/C13H20N2OS.H2/c16-12-3-1-2-6-17-13(15-12)14-11-8-9-4-5-10(11)7-9;/h9-11H,1-8H2,(H,14,15,16);1H.